The van der Waals surface area contributed by atoms with Crippen LogP contribution in [0, 0.1) is 0 Å². The van der Waals surface area contributed by atoms with Crippen LogP contribution in [0.5, 0.6) is 0 Å². The molecule has 0 aliphatic heterocycles. The Bertz CT molecular complexity index is 1050. The highest BCUT2D eigenvalue weighted by Gasteiger charge is 2.09. The zero-order valence-corrected chi connectivity index (χ0v) is 16.6. The van der Waals surface area contributed by atoms with Gasteiger partial charge in [-0.25, -0.2) is 10.4 Å². The molecule has 29 heavy (non-hydrogen) atoms. The summed E-state index contributed by atoms with van der Waals surface area (Å²) in [6.45, 7) is 3.63. The number of rotatable bonds is 6. The average Bonchev–Trinajstić information content (AvgIpc) is 2.76. The van der Waals surface area contributed by atoms with Crippen molar-refractivity contribution in [3.05, 3.63) is 83.0 Å². The molecule has 2 N–H and O–H groups in total. The zero-order chi connectivity index (χ0) is 20.6. The van der Waals surface area contributed by atoms with Crippen LogP contribution in [0.1, 0.15) is 35.3 Å². The number of aromatic nitrogens is 3. The summed E-state index contributed by atoms with van der Waals surface area (Å²) in [5, 5.41) is 8.55. The summed E-state index contributed by atoms with van der Waals surface area (Å²) in [6.07, 6.45) is 6.68. The van der Waals surface area contributed by atoms with Crippen molar-refractivity contribution in [3.8, 4) is 0 Å². The molecule has 0 aliphatic carbocycles. The molecule has 0 fully saturated rings. The quantitative estimate of drug-likeness (QED) is 0.369. The molecule has 0 bridgehead atoms. The number of halogens is 1. The molecule has 0 atom stereocenters. The molecule has 9 heteroatoms. The van der Waals surface area contributed by atoms with Gasteiger partial charge in [-0.15, -0.1) is 0 Å². The summed E-state index contributed by atoms with van der Waals surface area (Å²) in [5.41, 5.74) is 8.79. The molecule has 3 aromatic heterocycles. The fraction of sp³-hybridized carbons (Fsp3) is 0.100. The van der Waals surface area contributed by atoms with E-state index in [0.29, 0.717) is 17.1 Å². The number of pyridine rings is 3. The molecule has 0 aromatic carbocycles. The summed E-state index contributed by atoms with van der Waals surface area (Å²) in [6, 6.07) is 10.3. The predicted molar refractivity (Wildman–Crippen MR) is 113 cm³/mol. The normalized spacial score (nSPS) is 11.8. The van der Waals surface area contributed by atoms with Crippen molar-refractivity contribution in [1.29, 1.82) is 0 Å². The predicted octanol–water partition coefficient (Wildman–Crippen LogP) is 3.52. The van der Waals surface area contributed by atoms with Gasteiger partial charge in [-0.1, -0.05) is 11.6 Å². The van der Waals surface area contributed by atoms with Gasteiger partial charge in [0.1, 0.15) is 11.0 Å². The second-order valence-corrected chi connectivity index (χ2v) is 6.37. The maximum absolute atomic E-state index is 12.5. The second kappa shape index (κ2) is 9.52. The average molecular weight is 408 g/mol. The lowest BCUT2D eigenvalue weighted by Crippen LogP contribution is -2.19. The van der Waals surface area contributed by atoms with Gasteiger partial charge >= 0.3 is 0 Å². The van der Waals surface area contributed by atoms with E-state index in [-0.39, 0.29) is 5.15 Å². The SMILES string of the molecule is C/C(=N\NC(=O)c1cc(Cl)nc(N/N=C(\C)c2ccncc2)c1)c1ccncc1. The van der Waals surface area contributed by atoms with Crippen molar-refractivity contribution in [2.75, 3.05) is 5.43 Å². The monoisotopic (exact) mass is 407 g/mol. The minimum absolute atomic E-state index is 0.159. The largest absolute Gasteiger partial charge is 0.271 e. The lowest BCUT2D eigenvalue weighted by Gasteiger charge is -2.07. The van der Waals surface area contributed by atoms with Crippen LogP contribution in [-0.2, 0) is 0 Å². The molecule has 8 nitrogen and oxygen atoms in total. The van der Waals surface area contributed by atoms with Gasteiger partial charge in [0.15, 0.2) is 0 Å². The Morgan fingerprint density at radius 2 is 1.41 bits per heavy atom. The lowest BCUT2D eigenvalue weighted by molar-refractivity contribution is 0.0954. The van der Waals surface area contributed by atoms with Gasteiger partial charge in [0.25, 0.3) is 5.91 Å². The number of amides is 1. The van der Waals surface area contributed by atoms with Crippen LogP contribution >= 0.6 is 11.6 Å². The third kappa shape index (κ3) is 5.66. The minimum atomic E-state index is -0.416. The lowest BCUT2D eigenvalue weighted by atomic mass is 10.2. The molecular formula is C20H18ClN7O. The Hall–Kier alpha value is -3.65. The van der Waals surface area contributed by atoms with Crippen LogP contribution in [0.3, 0.4) is 0 Å². The number of hydrazone groups is 2. The molecule has 3 aromatic rings. The minimum Gasteiger partial charge on any atom is -0.267 e. The number of nitrogens with zero attached hydrogens (tertiary/aromatic N) is 5. The molecule has 0 radical (unpaired) electrons. The number of anilines is 1. The topological polar surface area (TPSA) is 105 Å². The highest BCUT2D eigenvalue weighted by atomic mass is 35.5. The Morgan fingerprint density at radius 1 is 0.862 bits per heavy atom. The fourth-order valence-electron chi connectivity index (χ4n) is 2.34. The molecule has 0 spiro atoms. The number of carbonyl (C=O) groups excluding carboxylic acids is 1. The van der Waals surface area contributed by atoms with Crippen LogP contribution < -0.4 is 10.9 Å². The highest BCUT2D eigenvalue weighted by molar-refractivity contribution is 6.30. The van der Waals surface area contributed by atoms with E-state index in [9.17, 15) is 4.79 Å². The standard InChI is InChI=1S/C20H18ClN7O/c1-13(15-3-7-22-8-4-15)25-27-19-12-17(11-18(21)24-19)20(29)28-26-14(2)16-5-9-23-10-6-16/h3-12H,1-2H3,(H,24,27)(H,28,29)/b25-13+,26-14+. The number of carbonyl (C=O) groups is 1. The van der Waals surface area contributed by atoms with Crippen molar-refractivity contribution in [2.24, 2.45) is 10.2 Å². The van der Waals surface area contributed by atoms with E-state index >= 15 is 0 Å². The number of hydrogen-bond donors (Lipinski definition) is 2. The maximum atomic E-state index is 12.5. The highest BCUT2D eigenvalue weighted by Crippen LogP contribution is 2.15. The second-order valence-electron chi connectivity index (χ2n) is 5.98. The first kappa shape index (κ1) is 20.1. The van der Waals surface area contributed by atoms with Crippen molar-refractivity contribution in [2.45, 2.75) is 13.8 Å². The molecule has 1 amide bonds. The molecule has 0 saturated heterocycles. The van der Waals surface area contributed by atoms with E-state index in [2.05, 4.69) is 36.0 Å². The molecular weight excluding hydrogens is 390 g/mol. The van der Waals surface area contributed by atoms with Gasteiger partial charge in [-0.05, 0) is 50.2 Å². The van der Waals surface area contributed by atoms with E-state index in [4.69, 9.17) is 11.6 Å². The van der Waals surface area contributed by atoms with E-state index < -0.39 is 5.91 Å². The van der Waals surface area contributed by atoms with E-state index in [1.54, 1.807) is 49.9 Å². The van der Waals surface area contributed by atoms with Gasteiger partial charge in [0.2, 0.25) is 0 Å². The first-order valence-corrected chi connectivity index (χ1v) is 9.04. The van der Waals surface area contributed by atoms with Crippen LogP contribution in [0.2, 0.25) is 5.15 Å². The van der Waals surface area contributed by atoms with Gasteiger partial charge < -0.3 is 0 Å². The smallest absolute Gasteiger partial charge is 0.267 e. The summed E-state index contributed by atoms with van der Waals surface area (Å²) in [4.78, 5) is 24.5. The molecule has 0 saturated carbocycles. The number of hydrogen-bond acceptors (Lipinski definition) is 7. The third-order valence-electron chi connectivity index (χ3n) is 3.92. The van der Waals surface area contributed by atoms with Crippen molar-refractivity contribution in [1.82, 2.24) is 20.4 Å². The first-order valence-electron chi connectivity index (χ1n) is 8.66. The summed E-state index contributed by atoms with van der Waals surface area (Å²) in [7, 11) is 0. The van der Waals surface area contributed by atoms with E-state index in [1.807, 2.05) is 19.1 Å². The van der Waals surface area contributed by atoms with Crippen molar-refractivity contribution >= 4 is 34.7 Å². The number of nitrogens with one attached hydrogen (secondary N) is 2. The summed E-state index contributed by atoms with van der Waals surface area (Å²) < 4.78 is 0. The van der Waals surface area contributed by atoms with Gasteiger partial charge in [-0.3, -0.25) is 20.2 Å². The molecule has 146 valence electrons. The van der Waals surface area contributed by atoms with Crippen LogP contribution in [0.25, 0.3) is 0 Å². The van der Waals surface area contributed by atoms with Gasteiger partial charge in [0.05, 0.1) is 11.4 Å². The van der Waals surface area contributed by atoms with Crippen molar-refractivity contribution < 1.29 is 4.79 Å². The van der Waals surface area contributed by atoms with Crippen molar-refractivity contribution in [3.63, 3.8) is 0 Å². The van der Waals surface area contributed by atoms with Crippen LogP contribution in [0.15, 0.2) is 71.4 Å². The molecule has 0 aliphatic rings. The maximum Gasteiger partial charge on any atom is 0.271 e. The van der Waals surface area contributed by atoms with E-state index in [0.717, 1.165) is 16.8 Å². The molecule has 3 rings (SSSR count). The Kier molecular flexibility index (Phi) is 6.59. The van der Waals surface area contributed by atoms with Gasteiger partial charge in [0, 0.05) is 41.5 Å². The Morgan fingerprint density at radius 3 is 2.00 bits per heavy atom. The fourth-order valence-corrected chi connectivity index (χ4v) is 2.55. The molecule has 3 heterocycles. The van der Waals surface area contributed by atoms with Crippen LogP contribution in [-0.4, -0.2) is 32.3 Å². The summed E-state index contributed by atoms with van der Waals surface area (Å²) in [5.74, 6) is -0.0773. The third-order valence-corrected chi connectivity index (χ3v) is 4.11. The Balaban J connectivity index is 1.72. The van der Waals surface area contributed by atoms with Crippen LogP contribution in [0.4, 0.5) is 5.82 Å². The van der Waals surface area contributed by atoms with E-state index in [1.165, 1.54) is 6.07 Å². The zero-order valence-electron chi connectivity index (χ0n) is 15.8. The Labute approximate surface area is 172 Å². The first-order chi connectivity index (χ1) is 14.0. The molecule has 0 unspecified atom stereocenters. The summed E-state index contributed by atoms with van der Waals surface area (Å²) >= 11 is 6.05. The van der Waals surface area contributed by atoms with Gasteiger partial charge in [-0.2, -0.15) is 10.2 Å².